The summed E-state index contributed by atoms with van der Waals surface area (Å²) in [6, 6.07) is 2.22. The van der Waals surface area contributed by atoms with Gasteiger partial charge in [-0.2, -0.15) is 0 Å². The third kappa shape index (κ3) is 1.66. The molecule has 2 nitrogen and oxygen atoms in total. The van der Waals surface area contributed by atoms with Crippen molar-refractivity contribution < 1.29 is 13.5 Å². The maximum atomic E-state index is 13.9. The van der Waals surface area contributed by atoms with Gasteiger partial charge in [-0.05, 0) is 30.6 Å². The van der Waals surface area contributed by atoms with Gasteiger partial charge >= 0.3 is 0 Å². The molecule has 3 atom stereocenters. The number of halogens is 2. The van der Waals surface area contributed by atoms with Crippen molar-refractivity contribution >= 4 is 5.69 Å². The van der Waals surface area contributed by atoms with Gasteiger partial charge in [-0.1, -0.05) is 20.8 Å². The van der Waals surface area contributed by atoms with Gasteiger partial charge in [0.2, 0.25) is 0 Å². The van der Waals surface area contributed by atoms with Crippen molar-refractivity contribution in [3.05, 3.63) is 23.8 Å². The van der Waals surface area contributed by atoms with Gasteiger partial charge in [-0.15, -0.1) is 0 Å². The van der Waals surface area contributed by atoms with E-state index < -0.39 is 11.6 Å². The number of anilines is 1. The van der Waals surface area contributed by atoms with Crippen molar-refractivity contribution in [1.29, 1.82) is 0 Å². The molecule has 1 aromatic rings. The first-order valence-electron chi connectivity index (χ1n) is 7.17. The Kier molecular flexibility index (Phi) is 2.79. The number of hydrogen-bond acceptors (Lipinski definition) is 2. The second kappa shape index (κ2) is 4.09. The Morgan fingerprint density at radius 1 is 1.20 bits per heavy atom. The van der Waals surface area contributed by atoms with E-state index in [1.54, 1.807) is 0 Å². The number of rotatable bonds is 2. The second-order valence-corrected chi connectivity index (χ2v) is 7.03. The monoisotopic (exact) mass is 281 g/mol. The second-order valence-electron chi connectivity index (χ2n) is 7.03. The van der Waals surface area contributed by atoms with Crippen LogP contribution in [0.3, 0.4) is 0 Å². The van der Waals surface area contributed by atoms with E-state index in [0.717, 1.165) is 25.0 Å². The normalized spacial score (nSPS) is 34.5. The molecule has 4 heteroatoms. The Labute approximate surface area is 118 Å². The predicted molar refractivity (Wildman–Crippen MR) is 74.4 cm³/mol. The van der Waals surface area contributed by atoms with Crippen LogP contribution in [0.2, 0.25) is 0 Å². The van der Waals surface area contributed by atoms with E-state index in [4.69, 9.17) is 10.5 Å². The van der Waals surface area contributed by atoms with E-state index in [0.29, 0.717) is 5.92 Å². The fourth-order valence-electron chi connectivity index (χ4n) is 4.14. The van der Waals surface area contributed by atoms with Gasteiger partial charge < -0.3 is 10.5 Å². The van der Waals surface area contributed by atoms with Crippen LogP contribution in [-0.2, 0) is 0 Å². The van der Waals surface area contributed by atoms with Crippen LogP contribution < -0.4 is 10.5 Å². The summed E-state index contributed by atoms with van der Waals surface area (Å²) >= 11 is 0. The summed E-state index contributed by atoms with van der Waals surface area (Å²) in [6.07, 6.45) is 2.96. The van der Waals surface area contributed by atoms with E-state index in [-0.39, 0.29) is 28.4 Å². The Hall–Kier alpha value is -1.32. The molecule has 20 heavy (non-hydrogen) atoms. The Bertz CT molecular complexity index is 534. The molecule has 3 unspecified atom stereocenters. The Morgan fingerprint density at radius 2 is 1.80 bits per heavy atom. The van der Waals surface area contributed by atoms with Crippen molar-refractivity contribution in [2.24, 2.45) is 16.7 Å². The molecule has 2 N–H and O–H groups in total. The van der Waals surface area contributed by atoms with Gasteiger partial charge in [0.25, 0.3) is 0 Å². The zero-order chi connectivity index (χ0) is 14.7. The van der Waals surface area contributed by atoms with Gasteiger partial charge in [-0.3, -0.25) is 0 Å². The molecule has 2 aliphatic carbocycles. The zero-order valence-electron chi connectivity index (χ0n) is 12.2. The fraction of sp³-hybridized carbons (Fsp3) is 0.625. The van der Waals surface area contributed by atoms with Gasteiger partial charge in [-0.25, -0.2) is 8.78 Å². The van der Waals surface area contributed by atoms with Crippen LogP contribution >= 0.6 is 0 Å². The summed E-state index contributed by atoms with van der Waals surface area (Å²) < 4.78 is 33.5. The molecule has 0 aromatic heterocycles. The molecule has 110 valence electrons. The minimum Gasteiger partial charge on any atom is -0.484 e. The summed E-state index contributed by atoms with van der Waals surface area (Å²) in [6.45, 7) is 6.66. The fourth-order valence-corrected chi connectivity index (χ4v) is 4.14. The Morgan fingerprint density at radius 3 is 2.25 bits per heavy atom. The molecule has 1 aromatic carbocycles. The van der Waals surface area contributed by atoms with Crippen molar-refractivity contribution in [2.75, 3.05) is 5.73 Å². The average molecular weight is 281 g/mol. The Balaban J connectivity index is 1.91. The largest absolute Gasteiger partial charge is 0.484 e. The summed E-state index contributed by atoms with van der Waals surface area (Å²) in [5.41, 5.74) is 5.63. The highest BCUT2D eigenvalue weighted by Gasteiger charge is 2.62. The molecule has 0 saturated heterocycles. The molecule has 2 fully saturated rings. The van der Waals surface area contributed by atoms with Crippen molar-refractivity contribution in [1.82, 2.24) is 0 Å². The van der Waals surface area contributed by atoms with Crippen LogP contribution in [0.1, 0.15) is 40.0 Å². The van der Waals surface area contributed by atoms with Crippen LogP contribution in [0.15, 0.2) is 12.1 Å². The van der Waals surface area contributed by atoms with E-state index >= 15 is 0 Å². The maximum Gasteiger partial charge on any atom is 0.191 e. The lowest BCUT2D eigenvalue weighted by molar-refractivity contribution is 0.0252. The van der Waals surface area contributed by atoms with Crippen LogP contribution in [0, 0.1) is 28.4 Å². The minimum absolute atomic E-state index is 0.0298. The summed E-state index contributed by atoms with van der Waals surface area (Å²) in [5, 5.41) is 0. The molecular formula is C16H21F2NO. The first-order valence-corrected chi connectivity index (χ1v) is 7.17. The summed E-state index contributed by atoms with van der Waals surface area (Å²) in [4.78, 5) is 0. The molecule has 0 aliphatic heterocycles. The predicted octanol–water partition coefficient (Wildman–Crippen LogP) is 4.14. The summed E-state index contributed by atoms with van der Waals surface area (Å²) in [7, 11) is 0. The van der Waals surface area contributed by atoms with Gasteiger partial charge in [0, 0.05) is 23.2 Å². The van der Waals surface area contributed by atoms with Crippen molar-refractivity contribution in [3.8, 4) is 5.75 Å². The molecule has 3 rings (SSSR count). The molecular weight excluding hydrogens is 260 g/mol. The van der Waals surface area contributed by atoms with Crippen LogP contribution in [0.25, 0.3) is 0 Å². The van der Waals surface area contributed by atoms with E-state index in [2.05, 4.69) is 20.8 Å². The van der Waals surface area contributed by atoms with E-state index in [9.17, 15) is 8.78 Å². The number of fused-ring (bicyclic) bond motifs is 2. The third-order valence-electron chi connectivity index (χ3n) is 5.99. The standard InChI is InChI=1S/C16H21F2NO/c1-15(2)9-4-5-16(15,3)13(6-9)20-14-11(17)7-10(19)8-12(14)18/h7-9,13H,4-6,19H2,1-3H3. The minimum atomic E-state index is -0.716. The highest BCUT2D eigenvalue weighted by atomic mass is 19.1. The highest BCUT2D eigenvalue weighted by molar-refractivity contribution is 5.44. The van der Waals surface area contributed by atoms with Gasteiger partial charge in [0.1, 0.15) is 6.10 Å². The molecule has 2 aliphatic rings. The van der Waals surface area contributed by atoms with Crippen LogP contribution in [-0.4, -0.2) is 6.10 Å². The number of ether oxygens (including phenoxy) is 1. The van der Waals surface area contributed by atoms with Crippen molar-refractivity contribution in [3.63, 3.8) is 0 Å². The van der Waals surface area contributed by atoms with E-state index in [1.165, 1.54) is 6.42 Å². The lowest BCUT2D eigenvalue weighted by Crippen LogP contribution is -2.39. The zero-order valence-corrected chi connectivity index (χ0v) is 12.2. The lowest BCUT2D eigenvalue weighted by atomic mass is 9.70. The molecule has 2 saturated carbocycles. The number of hydrogen-bond donors (Lipinski definition) is 1. The van der Waals surface area contributed by atoms with E-state index in [1.807, 2.05) is 0 Å². The molecule has 0 heterocycles. The van der Waals surface area contributed by atoms with Crippen molar-refractivity contribution in [2.45, 2.75) is 46.1 Å². The first-order chi connectivity index (χ1) is 9.25. The summed E-state index contributed by atoms with van der Waals surface area (Å²) in [5.74, 6) is -1.15. The van der Waals surface area contributed by atoms with Crippen LogP contribution in [0.4, 0.5) is 14.5 Å². The first kappa shape index (κ1) is 13.7. The smallest absolute Gasteiger partial charge is 0.191 e. The highest BCUT2D eigenvalue weighted by Crippen LogP contribution is 2.66. The van der Waals surface area contributed by atoms with Gasteiger partial charge in [0.05, 0.1) is 0 Å². The molecule has 0 spiro atoms. The molecule has 2 bridgehead atoms. The molecule has 0 amide bonds. The average Bonchev–Trinajstić information content (AvgIpc) is 2.66. The number of nitrogens with two attached hydrogens (primary N) is 1. The SMILES string of the molecule is CC1(C)C2CCC1(C)C(Oc1c(F)cc(N)cc1F)C2. The number of benzene rings is 1. The topological polar surface area (TPSA) is 35.2 Å². The maximum absolute atomic E-state index is 13.9. The quantitative estimate of drug-likeness (QED) is 0.827. The van der Waals surface area contributed by atoms with Crippen LogP contribution in [0.5, 0.6) is 5.75 Å². The van der Waals surface area contributed by atoms with Gasteiger partial charge in [0.15, 0.2) is 17.4 Å². The molecule has 0 radical (unpaired) electrons. The number of nitrogen functional groups attached to an aromatic ring is 1. The third-order valence-corrected chi connectivity index (χ3v) is 5.99. The lowest BCUT2D eigenvalue weighted by Gasteiger charge is -2.38.